The van der Waals surface area contributed by atoms with Crippen LogP contribution >= 0.6 is 11.6 Å². The van der Waals surface area contributed by atoms with Gasteiger partial charge in [0, 0.05) is 56.4 Å². The Hall–Kier alpha value is -1.30. The van der Waals surface area contributed by atoms with E-state index < -0.39 is 0 Å². The number of piperazine rings is 1. The van der Waals surface area contributed by atoms with E-state index in [1.54, 1.807) is 0 Å². The van der Waals surface area contributed by atoms with Crippen molar-refractivity contribution in [2.75, 3.05) is 39.8 Å². The summed E-state index contributed by atoms with van der Waals surface area (Å²) >= 11 is 6.27. The van der Waals surface area contributed by atoms with Crippen molar-refractivity contribution in [3.8, 4) is 0 Å². The summed E-state index contributed by atoms with van der Waals surface area (Å²) in [5, 5.41) is 3.86. The summed E-state index contributed by atoms with van der Waals surface area (Å²) in [6.45, 7) is 8.06. The monoisotopic (exact) mass is 378 g/mol. The molecule has 1 aromatic rings. The van der Waals surface area contributed by atoms with Crippen molar-refractivity contribution in [1.82, 2.24) is 20.0 Å². The van der Waals surface area contributed by atoms with E-state index in [1.807, 2.05) is 29.2 Å². The zero-order valence-corrected chi connectivity index (χ0v) is 16.7. The van der Waals surface area contributed by atoms with Gasteiger partial charge in [-0.3, -0.25) is 4.90 Å². The van der Waals surface area contributed by atoms with E-state index >= 15 is 0 Å². The lowest BCUT2D eigenvalue weighted by atomic mass is 10.1. The number of carbonyl (C=O) groups excluding carboxylic acids is 1. The average Bonchev–Trinajstić information content (AvgIpc) is 3.46. The Morgan fingerprint density at radius 1 is 1.27 bits per heavy atom. The lowest BCUT2D eigenvalue weighted by Crippen LogP contribution is -2.49. The summed E-state index contributed by atoms with van der Waals surface area (Å²) in [7, 11) is 2.17. The highest BCUT2D eigenvalue weighted by Crippen LogP contribution is 2.29. The van der Waals surface area contributed by atoms with Crippen LogP contribution in [-0.2, 0) is 6.54 Å². The molecule has 0 radical (unpaired) electrons. The molecule has 2 amide bonds. The molecular weight excluding hydrogens is 348 g/mol. The highest BCUT2D eigenvalue weighted by Gasteiger charge is 2.32. The van der Waals surface area contributed by atoms with Crippen molar-refractivity contribution in [3.05, 3.63) is 34.9 Å². The van der Waals surface area contributed by atoms with Crippen LogP contribution in [-0.4, -0.2) is 72.6 Å². The summed E-state index contributed by atoms with van der Waals surface area (Å²) in [6.07, 6.45) is 3.17. The van der Waals surface area contributed by atoms with E-state index in [2.05, 4.69) is 29.1 Å². The van der Waals surface area contributed by atoms with Gasteiger partial charge in [0.15, 0.2) is 0 Å². The van der Waals surface area contributed by atoms with E-state index in [4.69, 9.17) is 11.6 Å². The number of rotatable bonds is 7. The highest BCUT2D eigenvalue weighted by molar-refractivity contribution is 6.31. The molecule has 0 spiro atoms. The number of carbonyl (C=O) groups is 1. The summed E-state index contributed by atoms with van der Waals surface area (Å²) in [5.74, 6) is 0. The fraction of sp³-hybridized carbons (Fsp3) is 0.650. The van der Waals surface area contributed by atoms with Gasteiger partial charge in [0.1, 0.15) is 0 Å². The van der Waals surface area contributed by atoms with Crippen LogP contribution in [0.15, 0.2) is 24.3 Å². The molecule has 1 atom stereocenters. The van der Waals surface area contributed by atoms with E-state index in [1.165, 1.54) is 0 Å². The van der Waals surface area contributed by atoms with Gasteiger partial charge >= 0.3 is 6.03 Å². The number of urea groups is 1. The maximum absolute atomic E-state index is 12.7. The van der Waals surface area contributed by atoms with Crippen LogP contribution in [0.25, 0.3) is 0 Å². The molecule has 1 aliphatic carbocycles. The smallest absolute Gasteiger partial charge is 0.317 e. The fourth-order valence-electron chi connectivity index (χ4n) is 3.50. The van der Waals surface area contributed by atoms with Gasteiger partial charge in [0.2, 0.25) is 0 Å². The van der Waals surface area contributed by atoms with Crippen LogP contribution < -0.4 is 5.32 Å². The van der Waals surface area contributed by atoms with Gasteiger partial charge in [0.05, 0.1) is 0 Å². The topological polar surface area (TPSA) is 38.8 Å². The van der Waals surface area contributed by atoms with Crippen LogP contribution in [0.2, 0.25) is 5.02 Å². The third kappa shape index (κ3) is 5.35. The Morgan fingerprint density at radius 2 is 1.96 bits per heavy atom. The first-order valence-electron chi connectivity index (χ1n) is 9.75. The van der Waals surface area contributed by atoms with Crippen molar-refractivity contribution < 1.29 is 4.79 Å². The predicted octanol–water partition coefficient (Wildman–Crippen LogP) is 3.04. The number of amides is 2. The number of hydrogen-bond donors (Lipinski definition) is 1. The highest BCUT2D eigenvalue weighted by atomic mass is 35.5. The van der Waals surface area contributed by atoms with Crippen molar-refractivity contribution in [3.63, 3.8) is 0 Å². The molecule has 2 fully saturated rings. The number of likely N-dealkylation sites (N-methyl/N-ethyl adjacent to an activating group) is 1. The zero-order valence-electron chi connectivity index (χ0n) is 16.0. The number of nitrogens with one attached hydrogen (secondary N) is 1. The van der Waals surface area contributed by atoms with Crippen LogP contribution in [0.1, 0.15) is 31.7 Å². The second kappa shape index (κ2) is 9.07. The molecular formula is C20H31ClN4O. The standard InChI is InChI=1S/C20H31ClN4O/c1-16(24-13-11-23(2)12-14-24)9-10-22-20(26)25(18-7-8-18)15-17-5-3-4-6-19(17)21/h3-6,16,18H,7-15H2,1-2H3,(H,22,26)/t16-/m0/s1. The van der Waals surface area contributed by atoms with Gasteiger partial charge in [-0.2, -0.15) is 0 Å². The minimum Gasteiger partial charge on any atom is -0.338 e. The van der Waals surface area contributed by atoms with Crippen LogP contribution in [0.4, 0.5) is 4.79 Å². The normalized spacial score (nSPS) is 20.0. The average molecular weight is 379 g/mol. The molecule has 144 valence electrons. The van der Waals surface area contributed by atoms with Gasteiger partial charge in [-0.25, -0.2) is 4.79 Å². The molecule has 1 aromatic carbocycles. The second-order valence-electron chi connectivity index (χ2n) is 7.66. The van der Waals surface area contributed by atoms with Gasteiger partial charge in [0.25, 0.3) is 0 Å². The lowest BCUT2D eigenvalue weighted by molar-refractivity contribution is 0.114. The first-order valence-corrected chi connectivity index (χ1v) is 10.1. The second-order valence-corrected chi connectivity index (χ2v) is 8.07. The molecule has 0 bridgehead atoms. The zero-order chi connectivity index (χ0) is 18.5. The molecule has 1 N–H and O–H groups in total. The number of nitrogens with zero attached hydrogens (tertiary/aromatic N) is 3. The molecule has 2 aliphatic rings. The van der Waals surface area contributed by atoms with Crippen molar-refractivity contribution >= 4 is 17.6 Å². The molecule has 3 rings (SSSR count). The molecule has 1 saturated heterocycles. The molecule has 1 aliphatic heterocycles. The lowest BCUT2D eigenvalue weighted by Gasteiger charge is -2.36. The largest absolute Gasteiger partial charge is 0.338 e. The van der Waals surface area contributed by atoms with Crippen LogP contribution in [0.5, 0.6) is 0 Å². The van der Waals surface area contributed by atoms with E-state index in [-0.39, 0.29) is 6.03 Å². The van der Waals surface area contributed by atoms with Gasteiger partial charge in [-0.05, 0) is 44.9 Å². The molecule has 0 aromatic heterocycles. The minimum absolute atomic E-state index is 0.0398. The third-order valence-electron chi connectivity index (χ3n) is 5.55. The quantitative estimate of drug-likeness (QED) is 0.792. The van der Waals surface area contributed by atoms with E-state index in [0.29, 0.717) is 18.6 Å². The van der Waals surface area contributed by atoms with Gasteiger partial charge in [-0.15, -0.1) is 0 Å². The number of halogens is 1. The Balaban J connectivity index is 1.46. The predicted molar refractivity (Wildman–Crippen MR) is 107 cm³/mol. The third-order valence-corrected chi connectivity index (χ3v) is 5.92. The first kappa shape index (κ1) is 19.5. The number of hydrogen-bond acceptors (Lipinski definition) is 3. The maximum Gasteiger partial charge on any atom is 0.317 e. The summed E-state index contributed by atoms with van der Waals surface area (Å²) in [4.78, 5) is 19.5. The van der Waals surface area contributed by atoms with Gasteiger partial charge < -0.3 is 15.1 Å². The summed E-state index contributed by atoms with van der Waals surface area (Å²) < 4.78 is 0. The van der Waals surface area contributed by atoms with E-state index in [0.717, 1.165) is 62.6 Å². The Labute approximate surface area is 162 Å². The maximum atomic E-state index is 12.7. The van der Waals surface area contributed by atoms with Crippen molar-refractivity contribution in [1.29, 1.82) is 0 Å². The molecule has 26 heavy (non-hydrogen) atoms. The van der Waals surface area contributed by atoms with Crippen LogP contribution in [0, 0.1) is 0 Å². The molecule has 1 saturated carbocycles. The molecule has 0 unspecified atom stereocenters. The Morgan fingerprint density at radius 3 is 2.62 bits per heavy atom. The Bertz CT molecular complexity index is 599. The molecule has 6 heteroatoms. The number of benzene rings is 1. The fourth-order valence-corrected chi connectivity index (χ4v) is 3.69. The first-order chi connectivity index (χ1) is 12.5. The van der Waals surface area contributed by atoms with Gasteiger partial charge in [-0.1, -0.05) is 29.8 Å². The van der Waals surface area contributed by atoms with E-state index in [9.17, 15) is 4.79 Å². The van der Waals surface area contributed by atoms with Crippen molar-refractivity contribution in [2.24, 2.45) is 0 Å². The molecule has 1 heterocycles. The molecule has 5 nitrogen and oxygen atoms in total. The summed E-state index contributed by atoms with van der Waals surface area (Å²) in [6, 6.07) is 8.69. The Kier molecular flexibility index (Phi) is 6.79. The van der Waals surface area contributed by atoms with Crippen LogP contribution in [0.3, 0.4) is 0 Å². The minimum atomic E-state index is 0.0398. The SMILES string of the molecule is C[C@@H](CCNC(=O)N(Cc1ccccc1Cl)C1CC1)N1CCN(C)CC1. The summed E-state index contributed by atoms with van der Waals surface area (Å²) in [5.41, 5.74) is 1.02. The van der Waals surface area contributed by atoms with Crippen molar-refractivity contribution in [2.45, 2.75) is 44.8 Å².